The van der Waals surface area contributed by atoms with Gasteiger partial charge >= 0.3 is 0 Å². The van der Waals surface area contributed by atoms with Crippen LogP contribution >= 0.6 is 23.1 Å². The molecule has 1 aromatic heterocycles. The van der Waals surface area contributed by atoms with Gasteiger partial charge in [-0.25, -0.2) is 4.98 Å². The highest BCUT2D eigenvalue weighted by Gasteiger charge is 1.99. The third-order valence-electron chi connectivity index (χ3n) is 1.20. The van der Waals surface area contributed by atoms with Crippen LogP contribution in [-0.4, -0.2) is 17.3 Å². The van der Waals surface area contributed by atoms with Crippen LogP contribution < -0.4 is 5.73 Å². The number of rotatable bonds is 4. The van der Waals surface area contributed by atoms with Crippen molar-refractivity contribution in [2.45, 2.75) is 17.7 Å². The molecular formula is C7H12N2S2. The number of thioether (sulfide) groups is 1. The molecule has 0 fully saturated rings. The van der Waals surface area contributed by atoms with Gasteiger partial charge in [0.25, 0.3) is 0 Å². The Morgan fingerprint density at radius 3 is 3.18 bits per heavy atom. The topological polar surface area (TPSA) is 38.9 Å². The minimum atomic E-state index is 0.694. The van der Waals surface area contributed by atoms with E-state index < -0.39 is 0 Å². The molecule has 1 heterocycles. The van der Waals surface area contributed by atoms with E-state index in [9.17, 15) is 0 Å². The van der Waals surface area contributed by atoms with Crippen molar-refractivity contribution in [2.75, 3.05) is 12.3 Å². The van der Waals surface area contributed by atoms with Gasteiger partial charge in [-0.3, -0.25) is 0 Å². The summed E-state index contributed by atoms with van der Waals surface area (Å²) in [5, 5.41) is 2.09. The van der Waals surface area contributed by atoms with Crippen molar-refractivity contribution in [3.05, 3.63) is 11.1 Å². The minimum Gasteiger partial charge on any atom is -0.330 e. The number of hydrogen-bond donors (Lipinski definition) is 1. The summed E-state index contributed by atoms with van der Waals surface area (Å²) in [6, 6.07) is 0. The highest BCUT2D eigenvalue weighted by Crippen LogP contribution is 2.21. The van der Waals surface area contributed by atoms with Gasteiger partial charge < -0.3 is 5.73 Å². The first kappa shape index (κ1) is 9.03. The van der Waals surface area contributed by atoms with E-state index in [0.29, 0.717) is 6.54 Å². The normalized spacial score (nSPS) is 10.4. The monoisotopic (exact) mass is 188 g/mol. The Bertz CT molecular complexity index is 189. The van der Waals surface area contributed by atoms with Gasteiger partial charge in [-0.05, 0) is 12.3 Å². The Morgan fingerprint density at radius 1 is 1.73 bits per heavy atom. The lowest BCUT2D eigenvalue weighted by atomic mass is 10.3. The molecule has 1 rings (SSSR count). The molecule has 0 aromatic carbocycles. The van der Waals surface area contributed by atoms with Gasteiger partial charge in [0.05, 0.1) is 5.69 Å². The van der Waals surface area contributed by atoms with Crippen molar-refractivity contribution < 1.29 is 0 Å². The van der Waals surface area contributed by atoms with Crippen LogP contribution in [0, 0.1) is 0 Å². The zero-order chi connectivity index (χ0) is 8.10. The molecule has 2 N–H and O–H groups in total. The van der Waals surface area contributed by atoms with E-state index in [1.54, 1.807) is 23.1 Å². The lowest BCUT2D eigenvalue weighted by Crippen LogP contribution is -2.02. The molecule has 0 amide bonds. The number of nitrogens with zero attached hydrogens (tertiary/aromatic N) is 1. The first-order valence-electron chi connectivity index (χ1n) is 3.64. The molecular weight excluding hydrogens is 176 g/mol. The summed E-state index contributed by atoms with van der Waals surface area (Å²) in [4.78, 5) is 4.39. The maximum Gasteiger partial charge on any atom is 0.150 e. The first-order chi connectivity index (χ1) is 5.36. The van der Waals surface area contributed by atoms with Gasteiger partial charge in [-0.1, -0.05) is 18.7 Å². The van der Waals surface area contributed by atoms with Crippen molar-refractivity contribution in [3.63, 3.8) is 0 Å². The van der Waals surface area contributed by atoms with Crippen LogP contribution in [0.1, 0.15) is 12.6 Å². The van der Waals surface area contributed by atoms with E-state index in [1.807, 2.05) is 0 Å². The molecule has 0 saturated carbocycles. The van der Waals surface area contributed by atoms with E-state index >= 15 is 0 Å². The molecule has 4 heteroatoms. The SMILES string of the molecule is CCSc1nc(CCN)cs1. The molecule has 0 unspecified atom stereocenters. The van der Waals surface area contributed by atoms with E-state index in [0.717, 1.165) is 22.2 Å². The van der Waals surface area contributed by atoms with Gasteiger partial charge in [0.15, 0.2) is 0 Å². The summed E-state index contributed by atoms with van der Waals surface area (Å²) < 4.78 is 1.16. The maximum absolute atomic E-state index is 5.40. The summed E-state index contributed by atoms with van der Waals surface area (Å²) in [6.45, 7) is 2.83. The fourth-order valence-corrected chi connectivity index (χ4v) is 2.52. The highest BCUT2D eigenvalue weighted by molar-refractivity contribution is 8.00. The van der Waals surface area contributed by atoms with E-state index in [2.05, 4.69) is 17.3 Å². The molecule has 0 atom stereocenters. The molecule has 0 aliphatic heterocycles. The summed E-state index contributed by atoms with van der Waals surface area (Å²) >= 11 is 3.50. The second-order valence-electron chi connectivity index (χ2n) is 2.08. The second-order valence-corrected chi connectivity index (χ2v) is 4.45. The fraction of sp³-hybridized carbons (Fsp3) is 0.571. The number of aromatic nitrogens is 1. The van der Waals surface area contributed by atoms with Crippen LogP contribution in [0.25, 0.3) is 0 Å². The number of thiazole rings is 1. The molecule has 0 spiro atoms. The zero-order valence-electron chi connectivity index (χ0n) is 6.54. The highest BCUT2D eigenvalue weighted by atomic mass is 32.2. The number of nitrogens with two attached hydrogens (primary N) is 1. The smallest absolute Gasteiger partial charge is 0.150 e. The van der Waals surface area contributed by atoms with Crippen molar-refractivity contribution in [1.29, 1.82) is 0 Å². The summed E-state index contributed by atoms with van der Waals surface area (Å²) in [5.41, 5.74) is 6.53. The second kappa shape index (κ2) is 4.74. The van der Waals surface area contributed by atoms with Crippen LogP contribution in [0.2, 0.25) is 0 Å². The third kappa shape index (κ3) is 2.81. The minimum absolute atomic E-state index is 0.694. The van der Waals surface area contributed by atoms with Crippen molar-refractivity contribution in [2.24, 2.45) is 5.73 Å². The predicted molar refractivity (Wildman–Crippen MR) is 51.3 cm³/mol. The lowest BCUT2D eigenvalue weighted by molar-refractivity contribution is 0.920. The van der Waals surface area contributed by atoms with Crippen LogP contribution in [0.4, 0.5) is 0 Å². The molecule has 0 radical (unpaired) electrons. The van der Waals surface area contributed by atoms with Gasteiger partial charge in [-0.2, -0.15) is 0 Å². The Balaban J connectivity index is 2.51. The van der Waals surface area contributed by atoms with Crippen molar-refractivity contribution in [1.82, 2.24) is 4.98 Å². The molecule has 11 heavy (non-hydrogen) atoms. The van der Waals surface area contributed by atoms with Gasteiger partial charge in [0.1, 0.15) is 4.34 Å². The van der Waals surface area contributed by atoms with Crippen LogP contribution in [-0.2, 0) is 6.42 Å². The van der Waals surface area contributed by atoms with Gasteiger partial charge in [-0.15, -0.1) is 11.3 Å². The van der Waals surface area contributed by atoms with Crippen LogP contribution in [0.3, 0.4) is 0 Å². The molecule has 2 nitrogen and oxygen atoms in total. The van der Waals surface area contributed by atoms with Gasteiger partial charge in [0, 0.05) is 11.8 Å². The Labute approximate surface area is 75.2 Å². The molecule has 0 bridgehead atoms. The standard InChI is InChI=1S/C7H12N2S2/c1-2-10-7-9-6(3-4-8)5-11-7/h5H,2-4,8H2,1H3. The van der Waals surface area contributed by atoms with Crippen molar-refractivity contribution >= 4 is 23.1 Å². The van der Waals surface area contributed by atoms with E-state index in [1.165, 1.54) is 0 Å². The lowest BCUT2D eigenvalue weighted by Gasteiger charge is -1.89. The van der Waals surface area contributed by atoms with Crippen LogP contribution in [0.15, 0.2) is 9.72 Å². The zero-order valence-corrected chi connectivity index (χ0v) is 8.17. The van der Waals surface area contributed by atoms with E-state index in [4.69, 9.17) is 5.73 Å². The van der Waals surface area contributed by atoms with E-state index in [-0.39, 0.29) is 0 Å². The summed E-state index contributed by atoms with van der Waals surface area (Å²) in [5.74, 6) is 1.09. The molecule has 62 valence electrons. The van der Waals surface area contributed by atoms with Crippen molar-refractivity contribution in [3.8, 4) is 0 Å². The quantitative estimate of drug-likeness (QED) is 0.732. The Kier molecular flexibility index (Phi) is 3.90. The largest absolute Gasteiger partial charge is 0.330 e. The maximum atomic E-state index is 5.40. The number of hydrogen-bond acceptors (Lipinski definition) is 4. The fourth-order valence-electron chi connectivity index (χ4n) is 0.741. The molecule has 0 aliphatic carbocycles. The van der Waals surface area contributed by atoms with Crippen LogP contribution in [0.5, 0.6) is 0 Å². The molecule has 0 saturated heterocycles. The predicted octanol–water partition coefficient (Wildman–Crippen LogP) is 1.76. The summed E-state index contributed by atoms with van der Waals surface area (Å²) in [7, 11) is 0. The average Bonchev–Trinajstić information content (AvgIpc) is 2.38. The third-order valence-corrected chi connectivity index (χ3v) is 3.15. The Morgan fingerprint density at radius 2 is 2.55 bits per heavy atom. The summed E-state index contributed by atoms with van der Waals surface area (Å²) in [6.07, 6.45) is 0.904. The Hall–Kier alpha value is -0.0600. The van der Waals surface area contributed by atoms with Gasteiger partial charge in [0.2, 0.25) is 0 Å². The average molecular weight is 188 g/mol. The molecule has 0 aliphatic rings. The first-order valence-corrected chi connectivity index (χ1v) is 5.50. The molecule has 1 aromatic rings.